The van der Waals surface area contributed by atoms with Crippen LogP contribution in [0.5, 0.6) is 0 Å². The van der Waals surface area contributed by atoms with E-state index >= 15 is 0 Å². The van der Waals surface area contributed by atoms with Crippen LogP contribution in [-0.2, 0) is 14.6 Å². The van der Waals surface area contributed by atoms with Crippen LogP contribution in [0, 0.1) is 0 Å². The molecule has 0 aromatic rings. The number of aliphatic hydroxyl groups excluding tert-OH is 1. The van der Waals surface area contributed by atoms with E-state index in [2.05, 4.69) is 27.5 Å². The van der Waals surface area contributed by atoms with Crippen molar-refractivity contribution in [1.82, 2.24) is 4.90 Å². The zero-order valence-corrected chi connectivity index (χ0v) is 12.8. The minimum Gasteiger partial charge on any atom is -0.726 e. The molecule has 0 aromatic heterocycles. The number of hydrogen-bond donors (Lipinski definition) is 1. The molecule has 1 heterocycles. The molecule has 8 heteroatoms. The van der Waals surface area contributed by atoms with E-state index in [1.807, 2.05) is 6.92 Å². The summed E-state index contributed by atoms with van der Waals surface area (Å²) in [6.45, 7) is 10.5. The molecule has 0 aliphatic carbocycles. The first kappa shape index (κ1) is 18.3. The van der Waals surface area contributed by atoms with Crippen LogP contribution >= 0.6 is 0 Å². The van der Waals surface area contributed by atoms with Crippen molar-refractivity contribution in [2.24, 2.45) is 0 Å². The maximum Gasteiger partial charge on any atom is 0.248 e. The van der Waals surface area contributed by atoms with Crippen LogP contribution < -0.4 is 0 Å². The predicted molar refractivity (Wildman–Crippen MR) is 70.7 cm³/mol. The molecule has 114 valence electrons. The molecule has 0 spiro atoms. The summed E-state index contributed by atoms with van der Waals surface area (Å²) in [7, 11) is -4.42. The maximum atomic E-state index is 9.45. The standard InChI is InChI=1S/C9H19N2O.C2H6O4S/c1-4-9-10(5-2)6-7-11(9)8(3)12;1-2-6-7(3,4)5/h8,12H,4-7H2,1-3H3;2H2,1H3,(H,3,4,5)/q+1;/p-1. The Morgan fingerprint density at radius 2 is 2.05 bits per heavy atom. The van der Waals surface area contributed by atoms with E-state index in [4.69, 9.17) is 0 Å². The molecule has 1 aliphatic heterocycles. The van der Waals surface area contributed by atoms with E-state index in [-0.39, 0.29) is 12.8 Å². The molecule has 0 amide bonds. The van der Waals surface area contributed by atoms with Gasteiger partial charge in [-0.25, -0.2) is 13.3 Å². The lowest BCUT2D eigenvalue weighted by Crippen LogP contribution is -2.36. The first-order valence-corrected chi connectivity index (χ1v) is 7.75. The Morgan fingerprint density at radius 1 is 1.47 bits per heavy atom. The number of likely N-dealkylation sites (N-methyl/N-ethyl adjacent to an activating group) is 1. The Kier molecular flexibility index (Phi) is 8.15. The third kappa shape index (κ3) is 6.86. The number of aliphatic hydroxyl groups is 1. The van der Waals surface area contributed by atoms with Gasteiger partial charge in [0.2, 0.25) is 16.2 Å². The van der Waals surface area contributed by atoms with E-state index in [1.165, 1.54) is 12.8 Å². The normalized spacial score (nSPS) is 17.3. The third-order valence-electron chi connectivity index (χ3n) is 2.72. The molecule has 1 aliphatic rings. The summed E-state index contributed by atoms with van der Waals surface area (Å²) in [6.07, 6.45) is 0.676. The van der Waals surface area contributed by atoms with Crippen molar-refractivity contribution in [2.45, 2.75) is 40.3 Å². The van der Waals surface area contributed by atoms with Gasteiger partial charge in [-0.2, -0.15) is 0 Å². The molecule has 7 nitrogen and oxygen atoms in total. The van der Waals surface area contributed by atoms with E-state index in [9.17, 15) is 18.1 Å². The minimum absolute atomic E-state index is 0.0914. The van der Waals surface area contributed by atoms with Gasteiger partial charge in [-0.1, -0.05) is 6.92 Å². The van der Waals surface area contributed by atoms with Crippen molar-refractivity contribution >= 4 is 16.2 Å². The van der Waals surface area contributed by atoms with Crippen LogP contribution in [0.3, 0.4) is 0 Å². The average Bonchev–Trinajstić information content (AvgIpc) is 2.70. The van der Waals surface area contributed by atoms with Crippen molar-refractivity contribution in [2.75, 3.05) is 26.2 Å². The minimum atomic E-state index is -4.42. The topological polar surface area (TPSA) is 92.9 Å². The van der Waals surface area contributed by atoms with Crippen molar-refractivity contribution < 1.29 is 26.8 Å². The molecule has 0 saturated carbocycles. The molecular formula is C11H24N2O5S. The summed E-state index contributed by atoms with van der Waals surface area (Å²) in [4.78, 5) is 2.07. The van der Waals surface area contributed by atoms with Crippen LogP contribution in [-0.4, -0.2) is 65.9 Å². The average molecular weight is 296 g/mol. The van der Waals surface area contributed by atoms with Gasteiger partial charge in [0, 0.05) is 13.3 Å². The number of nitrogens with zero attached hydrogens (tertiary/aromatic N) is 2. The first-order chi connectivity index (χ1) is 8.76. The molecule has 1 N–H and O–H groups in total. The summed E-state index contributed by atoms with van der Waals surface area (Å²) in [5.41, 5.74) is 0. The highest BCUT2D eigenvalue weighted by Crippen LogP contribution is 2.07. The Balaban J connectivity index is 0.000000399. The van der Waals surface area contributed by atoms with Crippen LogP contribution in [0.25, 0.3) is 0 Å². The van der Waals surface area contributed by atoms with Gasteiger partial charge < -0.3 is 9.66 Å². The highest BCUT2D eigenvalue weighted by Gasteiger charge is 2.30. The second kappa shape index (κ2) is 8.47. The van der Waals surface area contributed by atoms with Gasteiger partial charge in [-0.05, 0) is 13.8 Å². The second-order valence-electron chi connectivity index (χ2n) is 3.99. The quantitative estimate of drug-likeness (QED) is 0.435. The van der Waals surface area contributed by atoms with E-state index < -0.39 is 10.4 Å². The largest absolute Gasteiger partial charge is 0.726 e. The van der Waals surface area contributed by atoms with Crippen molar-refractivity contribution in [3.05, 3.63) is 0 Å². The van der Waals surface area contributed by atoms with Gasteiger partial charge in [0.1, 0.15) is 13.1 Å². The monoisotopic (exact) mass is 296 g/mol. The molecule has 1 rings (SSSR count). The fourth-order valence-electron chi connectivity index (χ4n) is 1.98. The molecule has 0 fully saturated rings. The molecule has 0 radical (unpaired) electrons. The number of hydrogen-bond acceptors (Lipinski definition) is 6. The van der Waals surface area contributed by atoms with Gasteiger partial charge in [-0.15, -0.1) is 0 Å². The molecule has 0 aromatic carbocycles. The number of amidine groups is 1. The summed E-state index contributed by atoms with van der Waals surface area (Å²) in [6, 6.07) is 0. The number of rotatable bonds is 5. The van der Waals surface area contributed by atoms with Crippen LogP contribution in [0.1, 0.15) is 34.1 Å². The van der Waals surface area contributed by atoms with Crippen LogP contribution in [0.4, 0.5) is 0 Å². The summed E-state index contributed by atoms with van der Waals surface area (Å²) >= 11 is 0. The Hall–Kier alpha value is -0.700. The molecule has 0 saturated heterocycles. The van der Waals surface area contributed by atoms with Gasteiger partial charge >= 0.3 is 0 Å². The molecule has 1 atom stereocenters. The molecule has 0 bridgehead atoms. The van der Waals surface area contributed by atoms with Crippen LogP contribution in [0.15, 0.2) is 0 Å². The van der Waals surface area contributed by atoms with E-state index in [1.54, 1.807) is 0 Å². The van der Waals surface area contributed by atoms with Gasteiger partial charge in [0.25, 0.3) is 0 Å². The fraction of sp³-hybridized carbons (Fsp3) is 0.909. The molecular weight excluding hydrogens is 272 g/mol. The lowest BCUT2D eigenvalue weighted by atomic mass is 10.4. The Bertz CT molecular complexity index is 392. The van der Waals surface area contributed by atoms with Gasteiger partial charge in [-0.3, -0.25) is 8.76 Å². The van der Waals surface area contributed by atoms with E-state index in [0.717, 1.165) is 26.1 Å². The lowest BCUT2D eigenvalue weighted by molar-refractivity contribution is -0.515. The maximum absolute atomic E-state index is 9.45. The van der Waals surface area contributed by atoms with Gasteiger partial charge in [0.15, 0.2) is 6.23 Å². The second-order valence-corrected chi connectivity index (χ2v) is 5.04. The van der Waals surface area contributed by atoms with E-state index in [0.29, 0.717) is 0 Å². The Morgan fingerprint density at radius 3 is 2.32 bits per heavy atom. The third-order valence-corrected chi connectivity index (χ3v) is 3.24. The van der Waals surface area contributed by atoms with Crippen molar-refractivity contribution in [3.63, 3.8) is 0 Å². The smallest absolute Gasteiger partial charge is 0.248 e. The SMILES string of the molecule is CCC1=[N+](CC)CCN1C(C)O.CCOS(=O)(=O)[O-]. The molecule has 19 heavy (non-hydrogen) atoms. The van der Waals surface area contributed by atoms with Gasteiger partial charge in [0.05, 0.1) is 13.2 Å². The molecule has 1 unspecified atom stereocenters. The predicted octanol–water partition coefficient (Wildman–Crippen LogP) is -0.0357. The zero-order chi connectivity index (χ0) is 15.1. The highest BCUT2D eigenvalue weighted by molar-refractivity contribution is 7.80. The Labute approximate surface area is 115 Å². The fourth-order valence-corrected chi connectivity index (χ4v) is 2.27. The van der Waals surface area contributed by atoms with Crippen molar-refractivity contribution in [3.8, 4) is 0 Å². The summed E-state index contributed by atoms with van der Waals surface area (Å²) in [5.74, 6) is 1.28. The first-order valence-electron chi connectivity index (χ1n) is 6.42. The van der Waals surface area contributed by atoms with Crippen molar-refractivity contribution in [1.29, 1.82) is 0 Å². The highest BCUT2D eigenvalue weighted by atomic mass is 32.3. The van der Waals surface area contributed by atoms with Crippen LogP contribution in [0.2, 0.25) is 0 Å². The summed E-state index contributed by atoms with van der Waals surface area (Å²) in [5, 5.41) is 9.45. The lowest BCUT2D eigenvalue weighted by Gasteiger charge is -2.14. The summed E-state index contributed by atoms with van der Waals surface area (Å²) < 4.78 is 34.3. The zero-order valence-electron chi connectivity index (χ0n) is 12.0.